The third-order valence-corrected chi connectivity index (χ3v) is 2.79. The molecule has 17 heavy (non-hydrogen) atoms. The Kier molecular flexibility index (Phi) is 3.08. The van der Waals surface area contributed by atoms with Gasteiger partial charge in [0.25, 0.3) is 0 Å². The highest BCUT2D eigenvalue weighted by Gasteiger charge is 2.26. The fourth-order valence-electron chi connectivity index (χ4n) is 1.84. The Bertz CT molecular complexity index is 458. The van der Waals surface area contributed by atoms with Crippen LogP contribution in [0.3, 0.4) is 0 Å². The Morgan fingerprint density at radius 2 is 1.88 bits per heavy atom. The summed E-state index contributed by atoms with van der Waals surface area (Å²) >= 11 is 0. The van der Waals surface area contributed by atoms with Gasteiger partial charge in [-0.2, -0.15) is 0 Å². The van der Waals surface area contributed by atoms with E-state index in [4.69, 9.17) is 5.73 Å². The van der Waals surface area contributed by atoms with Crippen LogP contribution in [0.15, 0.2) is 18.2 Å². The first-order chi connectivity index (χ1) is 8.08. The summed E-state index contributed by atoms with van der Waals surface area (Å²) < 4.78 is 13.5. The maximum Gasteiger partial charge on any atom is 0.229 e. The SMILES string of the molecule is Nc1ccc(CN2C(=O)CCCC2=O)c(F)c1. The number of benzene rings is 1. The van der Waals surface area contributed by atoms with Crippen LogP contribution >= 0.6 is 0 Å². The molecule has 2 rings (SSSR count). The number of imide groups is 1. The number of carbonyl (C=O) groups is 2. The van der Waals surface area contributed by atoms with Gasteiger partial charge in [0.1, 0.15) is 5.82 Å². The van der Waals surface area contributed by atoms with Crippen molar-refractivity contribution in [3.63, 3.8) is 0 Å². The molecule has 0 unspecified atom stereocenters. The number of carbonyl (C=O) groups excluding carboxylic acids is 2. The smallest absolute Gasteiger partial charge is 0.229 e. The van der Waals surface area contributed by atoms with E-state index in [2.05, 4.69) is 0 Å². The third kappa shape index (κ3) is 2.43. The molecule has 90 valence electrons. The second-order valence-corrected chi connectivity index (χ2v) is 4.08. The number of nitrogens with zero attached hydrogens (tertiary/aromatic N) is 1. The maximum atomic E-state index is 13.5. The Morgan fingerprint density at radius 3 is 2.47 bits per heavy atom. The lowest BCUT2D eigenvalue weighted by atomic mass is 10.1. The van der Waals surface area contributed by atoms with Crippen LogP contribution in [0.2, 0.25) is 0 Å². The minimum Gasteiger partial charge on any atom is -0.399 e. The minimum absolute atomic E-state index is 0.0101. The molecule has 1 aromatic rings. The van der Waals surface area contributed by atoms with Crippen LogP contribution in [0.25, 0.3) is 0 Å². The number of piperidine rings is 1. The summed E-state index contributed by atoms with van der Waals surface area (Å²) in [6.07, 6.45) is 1.28. The van der Waals surface area contributed by atoms with E-state index in [9.17, 15) is 14.0 Å². The van der Waals surface area contributed by atoms with Crippen molar-refractivity contribution < 1.29 is 14.0 Å². The number of hydrogen-bond acceptors (Lipinski definition) is 3. The summed E-state index contributed by atoms with van der Waals surface area (Å²) in [6.45, 7) is -0.0101. The molecule has 1 saturated heterocycles. The Morgan fingerprint density at radius 1 is 1.24 bits per heavy atom. The zero-order valence-corrected chi connectivity index (χ0v) is 9.28. The summed E-state index contributed by atoms with van der Waals surface area (Å²) in [6, 6.07) is 4.24. The molecule has 1 aromatic carbocycles. The Hall–Kier alpha value is -1.91. The predicted octanol–water partition coefficient (Wildman–Crippen LogP) is 1.45. The molecule has 0 aliphatic carbocycles. The van der Waals surface area contributed by atoms with Crippen molar-refractivity contribution in [3.05, 3.63) is 29.6 Å². The second kappa shape index (κ2) is 4.53. The van der Waals surface area contributed by atoms with Gasteiger partial charge in [0, 0.05) is 24.1 Å². The van der Waals surface area contributed by atoms with Crippen LogP contribution in [0.1, 0.15) is 24.8 Å². The van der Waals surface area contributed by atoms with Crippen LogP contribution in [0, 0.1) is 5.82 Å². The van der Waals surface area contributed by atoms with Gasteiger partial charge < -0.3 is 5.73 Å². The first-order valence-electron chi connectivity index (χ1n) is 5.45. The number of amides is 2. The van der Waals surface area contributed by atoms with Gasteiger partial charge in [-0.15, -0.1) is 0 Å². The summed E-state index contributed by atoms with van der Waals surface area (Å²) in [5, 5.41) is 0. The highest BCUT2D eigenvalue weighted by molar-refractivity contribution is 5.97. The average Bonchev–Trinajstić information content (AvgIpc) is 2.26. The van der Waals surface area contributed by atoms with Crippen LogP contribution < -0.4 is 5.73 Å². The van der Waals surface area contributed by atoms with E-state index in [-0.39, 0.29) is 18.4 Å². The molecule has 0 bridgehead atoms. The fourth-order valence-corrected chi connectivity index (χ4v) is 1.84. The number of likely N-dealkylation sites (tertiary alicyclic amines) is 1. The van der Waals surface area contributed by atoms with Gasteiger partial charge in [-0.25, -0.2) is 4.39 Å². The number of rotatable bonds is 2. The van der Waals surface area contributed by atoms with Gasteiger partial charge in [0.05, 0.1) is 6.54 Å². The van der Waals surface area contributed by atoms with E-state index < -0.39 is 5.82 Å². The number of anilines is 1. The lowest BCUT2D eigenvalue weighted by molar-refractivity contribution is -0.148. The van der Waals surface area contributed by atoms with Gasteiger partial charge >= 0.3 is 0 Å². The van der Waals surface area contributed by atoms with E-state index in [0.29, 0.717) is 30.5 Å². The summed E-state index contributed by atoms with van der Waals surface area (Å²) in [5.74, 6) is -0.967. The summed E-state index contributed by atoms with van der Waals surface area (Å²) in [7, 11) is 0. The van der Waals surface area contributed by atoms with Crippen molar-refractivity contribution in [2.24, 2.45) is 0 Å². The molecule has 0 spiro atoms. The van der Waals surface area contributed by atoms with Crippen molar-refractivity contribution in [3.8, 4) is 0 Å². The maximum absolute atomic E-state index is 13.5. The van der Waals surface area contributed by atoms with Crippen molar-refractivity contribution in [2.75, 3.05) is 5.73 Å². The van der Waals surface area contributed by atoms with Crippen LogP contribution in [0.5, 0.6) is 0 Å². The van der Waals surface area contributed by atoms with E-state index in [1.165, 1.54) is 12.1 Å². The van der Waals surface area contributed by atoms with Gasteiger partial charge in [-0.1, -0.05) is 6.07 Å². The molecular weight excluding hydrogens is 223 g/mol. The largest absolute Gasteiger partial charge is 0.399 e. The molecule has 1 heterocycles. The third-order valence-electron chi connectivity index (χ3n) is 2.79. The molecule has 1 aliphatic rings. The van der Waals surface area contributed by atoms with Crippen molar-refractivity contribution in [1.29, 1.82) is 0 Å². The van der Waals surface area contributed by atoms with E-state index >= 15 is 0 Å². The van der Waals surface area contributed by atoms with Crippen molar-refractivity contribution in [1.82, 2.24) is 4.90 Å². The van der Waals surface area contributed by atoms with Crippen LogP contribution in [-0.2, 0) is 16.1 Å². The zero-order valence-electron chi connectivity index (χ0n) is 9.28. The molecule has 2 amide bonds. The molecule has 0 radical (unpaired) electrons. The number of nitrogen functional groups attached to an aromatic ring is 1. The molecule has 0 aromatic heterocycles. The molecule has 2 N–H and O–H groups in total. The van der Waals surface area contributed by atoms with Gasteiger partial charge in [0.2, 0.25) is 11.8 Å². The molecule has 0 atom stereocenters. The van der Waals surface area contributed by atoms with Gasteiger partial charge in [-0.05, 0) is 18.6 Å². The van der Waals surface area contributed by atoms with E-state index in [0.717, 1.165) is 4.90 Å². The molecule has 4 nitrogen and oxygen atoms in total. The number of hydrogen-bond donors (Lipinski definition) is 1. The lowest BCUT2D eigenvalue weighted by Crippen LogP contribution is -2.39. The van der Waals surface area contributed by atoms with Gasteiger partial charge in [0.15, 0.2) is 0 Å². The van der Waals surface area contributed by atoms with Crippen LogP contribution in [-0.4, -0.2) is 16.7 Å². The molecule has 5 heteroatoms. The standard InChI is InChI=1S/C12H13FN2O2/c13-10-6-9(14)5-4-8(10)7-15-11(16)2-1-3-12(15)17/h4-6H,1-3,7,14H2. The summed E-state index contributed by atoms with van der Waals surface area (Å²) in [4.78, 5) is 24.2. The first kappa shape index (κ1) is 11.6. The van der Waals surface area contributed by atoms with Crippen LogP contribution in [0.4, 0.5) is 10.1 Å². The molecule has 1 aliphatic heterocycles. The van der Waals surface area contributed by atoms with E-state index in [1.54, 1.807) is 6.07 Å². The Balaban J connectivity index is 2.19. The summed E-state index contributed by atoms with van der Waals surface area (Å²) in [5.41, 5.74) is 6.06. The molecule has 1 fully saturated rings. The zero-order chi connectivity index (χ0) is 12.4. The highest BCUT2D eigenvalue weighted by Crippen LogP contribution is 2.18. The quantitative estimate of drug-likeness (QED) is 0.624. The molecule has 0 saturated carbocycles. The number of nitrogens with two attached hydrogens (primary N) is 1. The molecular formula is C12H13FN2O2. The monoisotopic (exact) mass is 236 g/mol. The minimum atomic E-state index is -0.490. The number of halogens is 1. The normalized spacial score (nSPS) is 16.4. The first-order valence-corrected chi connectivity index (χ1v) is 5.45. The highest BCUT2D eigenvalue weighted by atomic mass is 19.1. The predicted molar refractivity (Wildman–Crippen MR) is 60.2 cm³/mol. The Labute approximate surface area is 98.2 Å². The second-order valence-electron chi connectivity index (χ2n) is 4.08. The van der Waals surface area contributed by atoms with Crippen molar-refractivity contribution >= 4 is 17.5 Å². The topological polar surface area (TPSA) is 63.4 Å². The van der Waals surface area contributed by atoms with Crippen molar-refractivity contribution in [2.45, 2.75) is 25.8 Å². The lowest BCUT2D eigenvalue weighted by Gasteiger charge is -2.25. The average molecular weight is 236 g/mol. The van der Waals surface area contributed by atoms with Gasteiger partial charge in [-0.3, -0.25) is 14.5 Å². The van der Waals surface area contributed by atoms with E-state index in [1.807, 2.05) is 0 Å². The fraction of sp³-hybridized carbons (Fsp3) is 0.333.